The first-order valence-electron chi connectivity index (χ1n) is 9.77. The monoisotopic (exact) mass is 416 g/mol. The molecule has 0 atom stereocenters. The highest BCUT2D eigenvalue weighted by atomic mass is 16.5. The minimum atomic E-state index is -0.387. The van der Waals surface area contributed by atoms with E-state index < -0.39 is 0 Å². The van der Waals surface area contributed by atoms with E-state index in [1.165, 1.54) is 0 Å². The molecule has 156 valence electrons. The van der Waals surface area contributed by atoms with Crippen LogP contribution in [0.5, 0.6) is 5.75 Å². The second-order valence-electron chi connectivity index (χ2n) is 6.93. The normalized spacial score (nSPS) is 16.6. The van der Waals surface area contributed by atoms with Gasteiger partial charge in [-0.25, -0.2) is 4.99 Å². The third kappa shape index (κ3) is 4.04. The molecule has 2 amide bonds. The smallest absolute Gasteiger partial charge is 0.266 e. The Morgan fingerprint density at radius 3 is 2.42 bits per heavy atom. The van der Waals surface area contributed by atoms with Crippen LogP contribution in [0.1, 0.15) is 21.5 Å². The molecule has 8 nitrogen and oxygen atoms in total. The van der Waals surface area contributed by atoms with Crippen LogP contribution in [0.15, 0.2) is 59.1 Å². The van der Waals surface area contributed by atoms with E-state index in [4.69, 9.17) is 9.47 Å². The molecule has 0 radical (unpaired) electrons. The maximum Gasteiger partial charge on any atom is 0.266 e. The van der Waals surface area contributed by atoms with E-state index in [2.05, 4.69) is 10.3 Å². The molecule has 0 spiro atoms. The molecule has 2 heterocycles. The minimum Gasteiger partial charge on any atom is -0.497 e. The molecule has 0 aliphatic carbocycles. The topological polar surface area (TPSA) is 104 Å². The van der Waals surface area contributed by atoms with Crippen molar-refractivity contribution in [2.75, 3.05) is 33.4 Å². The van der Waals surface area contributed by atoms with Gasteiger partial charge in [0.05, 0.1) is 26.0 Å². The van der Waals surface area contributed by atoms with Gasteiger partial charge in [-0.05, 0) is 24.3 Å². The Balaban J connectivity index is 1.67. The van der Waals surface area contributed by atoms with Crippen LogP contribution in [-0.2, 0) is 9.53 Å². The summed E-state index contributed by atoms with van der Waals surface area (Å²) in [7, 11) is 1.55. The number of carbonyl (C=O) groups is 2. The zero-order valence-electron chi connectivity index (χ0n) is 16.9. The minimum absolute atomic E-state index is 0.0527. The highest BCUT2D eigenvalue weighted by Crippen LogP contribution is 2.31. The first kappa shape index (κ1) is 20.3. The van der Waals surface area contributed by atoms with Crippen molar-refractivity contribution in [2.24, 2.45) is 4.99 Å². The summed E-state index contributed by atoms with van der Waals surface area (Å²) in [6, 6.07) is 15.9. The number of nitriles is 1. The number of methoxy groups -OCH3 is 1. The molecular weight excluding hydrogens is 396 g/mol. The summed E-state index contributed by atoms with van der Waals surface area (Å²) in [6.07, 6.45) is 0. The van der Waals surface area contributed by atoms with Crippen LogP contribution < -0.4 is 10.1 Å². The number of ether oxygens (including phenoxy) is 2. The maximum absolute atomic E-state index is 13.0. The molecule has 2 aliphatic heterocycles. The van der Waals surface area contributed by atoms with Gasteiger partial charge < -0.3 is 19.7 Å². The maximum atomic E-state index is 13.0. The Labute approximate surface area is 179 Å². The van der Waals surface area contributed by atoms with E-state index >= 15 is 0 Å². The number of amidine groups is 1. The Bertz CT molecular complexity index is 1120. The summed E-state index contributed by atoms with van der Waals surface area (Å²) in [5.74, 6) is 0.206. The third-order valence-corrected chi connectivity index (χ3v) is 5.11. The second-order valence-corrected chi connectivity index (χ2v) is 6.93. The average molecular weight is 416 g/mol. The van der Waals surface area contributed by atoms with Crippen molar-refractivity contribution in [2.45, 2.75) is 0 Å². The molecule has 1 fully saturated rings. The summed E-state index contributed by atoms with van der Waals surface area (Å²) in [4.78, 5) is 31.8. The highest BCUT2D eigenvalue weighted by molar-refractivity contribution is 6.20. The number of hydrogen-bond donors (Lipinski definition) is 1. The quantitative estimate of drug-likeness (QED) is 0.609. The number of rotatable bonds is 3. The van der Waals surface area contributed by atoms with Crippen LogP contribution >= 0.6 is 0 Å². The van der Waals surface area contributed by atoms with Gasteiger partial charge in [-0.3, -0.25) is 9.59 Å². The summed E-state index contributed by atoms with van der Waals surface area (Å²) >= 11 is 0. The zero-order chi connectivity index (χ0) is 21.8. The summed E-state index contributed by atoms with van der Waals surface area (Å²) in [5.41, 5.74) is 1.93. The van der Waals surface area contributed by atoms with Gasteiger partial charge in [-0.1, -0.05) is 24.3 Å². The zero-order valence-corrected chi connectivity index (χ0v) is 16.9. The van der Waals surface area contributed by atoms with Gasteiger partial charge in [0.15, 0.2) is 0 Å². The number of benzene rings is 2. The van der Waals surface area contributed by atoms with Crippen LogP contribution in [0.2, 0.25) is 0 Å². The molecule has 2 aromatic carbocycles. The number of amides is 2. The lowest BCUT2D eigenvalue weighted by molar-refractivity contribution is -0.130. The Kier molecular flexibility index (Phi) is 5.78. The number of nitrogens with one attached hydrogen (secondary N) is 1. The predicted octanol–water partition coefficient (Wildman–Crippen LogP) is 1.98. The molecule has 0 bridgehead atoms. The SMILES string of the molecule is COc1ccc(C(=O)NC2=N/C(=C(/C#N)C(=O)N3CCOCC3)c3ccccc32)cc1. The van der Waals surface area contributed by atoms with Crippen molar-refractivity contribution in [3.8, 4) is 11.8 Å². The molecule has 2 aliphatic rings. The van der Waals surface area contributed by atoms with Crippen molar-refractivity contribution in [1.82, 2.24) is 10.2 Å². The largest absolute Gasteiger partial charge is 0.497 e. The molecule has 1 saturated heterocycles. The van der Waals surface area contributed by atoms with E-state index in [9.17, 15) is 14.9 Å². The van der Waals surface area contributed by atoms with Crippen LogP contribution in [0, 0.1) is 11.3 Å². The van der Waals surface area contributed by atoms with Gasteiger partial charge in [0.2, 0.25) is 0 Å². The van der Waals surface area contributed by atoms with E-state index in [1.54, 1.807) is 54.5 Å². The van der Waals surface area contributed by atoms with Crippen molar-refractivity contribution in [3.63, 3.8) is 0 Å². The molecule has 0 unspecified atom stereocenters. The van der Waals surface area contributed by atoms with E-state index in [-0.39, 0.29) is 23.1 Å². The first-order chi connectivity index (χ1) is 15.1. The Morgan fingerprint density at radius 1 is 1.10 bits per heavy atom. The van der Waals surface area contributed by atoms with Crippen LogP contribution in [0.4, 0.5) is 0 Å². The summed E-state index contributed by atoms with van der Waals surface area (Å²) in [6.45, 7) is 1.71. The van der Waals surface area contributed by atoms with Gasteiger partial charge in [0.25, 0.3) is 11.8 Å². The third-order valence-electron chi connectivity index (χ3n) is 5.11. The van der Waals surface area contributed by atoms with Gasteiger partial charge in [-0.2, -0.15) is 5.26 Å². The molecule has 31 heavy (non-hydrogen) atoms. The van der Waals surface area contributed by atoms with Gasteiger partial charge >= 0.3 is 0 Å². The fraction of sp³-hybridized carbons (Fsp3) is 0.217. The van der Waals surface area contributed by atoms with Crippen molar-refractivity contribution in [1.29, 1.82) is 5.26 Å². The standard InChI is InChI=1S/C23H20N4O4/c1-30-16-8-6-15(7-9-16)22(28)26-21-18-5-3-2-4-17(18)20(25-21)19(14-24)23(29)27-10-12-31-13-11-27/h2-9H,10-13H2,1H3,(H,25,26,28)/b20-19-. The predicted molar refractivity (Wildman–Crippen MR) is 113 cm³/mol. The van der Waals surface area contributed by atoms with Crippen LogP contribution in [0.3, 0.4) is 0 Å². The average Bonchev–Trinajstić information content (AvgIpc) is 3.18. The van der Waals surface area contributed by atoms with Crippen molar-refractivity contribution < 1.29 is 19.1 Å². The molecule has 8 heteroatoms. The molecular formula is C23H20N4O4. The first-order valence-corrected chi connectivity index (χ1v) is 9.77. The van der Waals surface area contributed by atoms with Gasteiger partial charge in [0.1, 0.15) is 23.2 Å². The second kappa shape index (κ2) is 8.81. The number of nitrogens with zero attached hydrogens (tertiary/aromatic N) is 3. The van der Waals surface area contributed by atoms with E-state index in [1.807, 2.05) is 12.1 Å². The lowest BCUT2D eigenvalue weighted by Crippen LogP contribution is -2.41. The number of morpholine rings is 1. The summed E-state index contributed by atoms with van der Waals surface area (Å²) in [5, 5.41) is 12.6. The summed E-state index contributed by atoms with van der Waals surface area (Å²) < 4.78 is 10.4. The number of hydrogen-bond acceptors (Lipinski definition) is 6. The molecule has 2 aromatic rings. The molecule has 0 aromatic heterocycles. The van der Waals surface area contributed by atoms with Gasteiger partial charge in [0, 0.05) is 29.8 Å². The molecule has 0 saturated carbocycles. The number of carbonyl (C=O) groups excluding carboxylic acids is 2. The van der Waals surface area contributed by atoms with E-state index in [0.717, 1.165) is 0 Å². The Morgan fingerprint density at radius 2 is 1.77 bits per heavy atom. The lowest BCUT2D eigenvalue weighted by Gasteiger charge is -2.26. The number of aliphatic imine (C=N–C) groups is 1. The highest BCUT2D eigenvalue weighted by Gasteiger charge is 2.30. The van der Waals surface area contributed by atoms with Crippen LogP contribution in [0.25, 0.3) is 5.70 Å². The fourth-order valence-electron chi connectivity index (χ4n) is 3.46. The molecule has 1 N–H and O–H groups in total. The van der Waals surface area contributed by atoms with E-state index in [0.29, 0.717) is 54.6 Å². The van der Waals surface area contributed by atoms with Crippen molar-refractivity contribution >= 4 is 23.3 Å². The number of fused-ring (bicyclic) bond motifs is 1. The van der Waals surface area contributed by atoms with Crippen LogP contribution in [-0.4, -0.2) is 56.0 Å². The Hall–Kier alpha value is -3.96. The lowest BCUT2D eigenvalue weighted by atomic mass is 10.0. The molecule has 4 rings (SSSR count). The van der Waals surface area contributed by atoms with Crippen molar-refractivity contribution in [3.05, 3.63) is 70.8 Å². The fourth-order valence-corrected chi connectivity index (χ4v) is 3.46. The van der Waals surface area contributed by atoms with Gasteiger partial charge in [-0.15, -0.1) is 0 Å².